The van der Waals surface area contributed by atoms with Crippen LogP contribution in [0.2, 0.25) is 0 Å². The quantitative estimate of drug-likeness (QED) is 0.763. The molecular weight excluding hydrogens is 198 g/mol. The highest BCUT2D eigenvalue weighted by Crippen LogP contribution is 2.19. The maximum atomic E-state index is 4.37. The minimum atomic E-state index is 0.749. The summed E-state index contributed by atoms with van der Waals surface area (Å²) in [5.41, 5.74) is 1.28. The molecule has 3 nitrogen and oxygen atoms in total. The van der Waals surface area contributed by atoms with Crippen molar-refractivity contribution in [3.05, 3.63) is 17.7 Å². The molecule has 2 rings (SSSR count). The highest BCUT2D eigenvalue weighted by Gasteiger charge is 2.20. The molecule has 1 aromatic heterocycles. The summed E-state index contributed by atoms with van der Waals surface area (Å²) in [4.78, 5) is 4.37. The molecule has 0 aromatic carbocycles. The lowest BCUT2D eigenvalue weighted by Gasteiger charge is -2.09. The second-order valence-corrected chi connectivity index (χ2v) is 4.28. The van der Waals surface area contributed by atoms with Gasteiger partial charge in [0.25, 0.3) is 0 Å². The van der Waals surface area contributed by atoms with Gasteiger partial charge in [0, 0.05) is 31.7 Å². The van der Waals surface area contributed by atoms with E-state index >= 15 is 0 Å². The lowest BCUT2D eigenvalue weighted by molar-refractivity contribution is 0.603. The minimum Gasteiger partial charge on any atom is -0.330 e. The number of imidazole rings is 1. The van der Waals surface area contributed by atoms with E-state index in [1.165, 1.54) is 18.5 Å². The van der Waals surface area contributed by atoms with Gasteiger partial charge in [0.2, 0.25) is 0 Å². The molecule has 0 aliphatic heterocycles. The molecule has 1 aromatic rings. The molecule has 0 amide bonds. The normalized spacial score (nSPS) is 14.6. The van der Waals surface area contributed by atoms with E-state index in [1.54, 1.807) is 0 Å². The average molecular weight is 217 g/mol. The zero-order valence-corrected chi connectivity index (χ0v) is 10.1. The van der Waals surface area contributed by atoms with Crippen LogP contribution < -0.4 is 5.32 Å². The van der Waals surface area contributed by atoms with Gasteiger partial charge in [0.1, 0.15) is 5.82 Å². The first-order valence-corrected chi connectivity index (χ1v) is 5.95. The Morgan fingerprint density at radius 2 is 2.38 bits per heavy atom. The van der Waals surface area contributed by atoms with Gasteiger partial charge in [-0.3, -0.25) is 0 Å². The standard InChI is InChI=1S/C13H19N3/c1-3-4-5-8-16-11(2)14-9-13(16)10-15-12-6-7-12/h9,12,15H,5-8,10H2,1-2H3. The van der Waals surface area contributed by atoms with Crippen LogP contribution in [0.25, 0.3) is 0 Å². The Bertz CT molecular complexity index is 405. The van der Waals surface area contributed by atoms with Crippen LogP contribution in [0.5, 0.6) is 0 Å². The summed E-state index contributed by atoms with van der Waals surface area (Å²) in [5.74, 6) is 7.12. The van der Waals surface area contributed by atoms with Crippen LogP contribution in [0.3, 0.4) is 0 Å². The summed E-state index contributed by atoms with van der Waals surface area (Å²) in [6, 6.07) is 0.749. The van der Waals surface area contributed by atoms with Crippen molar-refractivity contribution in [3.8, 4) is 11.8 Å². The average Bonchev–Trinajstić information content (AvgIpc) is 3.04. The maximum absolute atomic E-state index is 4.37. The third kappa shape index (κ3) is 2.86. The minimum absolute atomic E-state index is 0.749. The van der Waals surface area contributed by atoms with Crippen molar-refractivity contribution in [2.24, 2.45) is 0 Å². The molecule has 0 bridgehead atoms. The zero-order chi connectivity index (χ0) is 11.4. The fourth-order valence-corrected chi connectivity index (χ4v) is 1.79. The Morgan fingerprint density at radius 1 is 1.56 bits per heavy atom. The Morgan fingerprint density at radius 3 is 3.06 bits per heavy atom. The third-order valence-electron chi connectivity index (χ3n) is 2.92. The van der Waals surface area contributed by atoms with Gasteiger partial charge in [0.05, 0.1) is 5.69 Å². The first kappa shape index (κ1) is 11.2. The number of hydrogen-bond donors (Lipinski definition) is 1. The van der Waals surface area contributed by atoms with Gasteiger partial charge in [0.15, 0.2) is 0 Å². The van der Waals surface area contributed by atoms with Crippen LogP contribution in [-0.2, 0) is 13.1 Å². The molecule has 16 heavy (non-hydrogen) atoms. The molecule has 1 saturated carbocycles. The predicted octanol–water partition coefficient (Wildman–Crippen LogP) is 1.86. The second-order valence-electron chi connectivity index (χ2n) is 4.28. The molecule has 1 heterocycles. The van der Waals surface area contributed by atoms with Gasteiger partial charge in [-0.15, -0.1) is 11.8 Å². The van der Waals surface area contributed by atoms with Crippen molar-refractivity contribution in [3.63, 3.8) is 0 Å². The fourth-order valence-electron chi connectivity index (χ4n) is 1.79. The lowest BCUT2D eigenvalue weighted by atomic mass is 10.3. The number of nitrogens with one attached hydrogen (secondary N) is 1. The molecule has 0 atom stereocenters. The largest absolute Gasteiger partial charge is 0.330 e. The van der Waals surface area contributed by atoms with E-state index in [0.717, 1.165) is 31.4 Å². The van der Waals surface area contributed by atoms with Crippen molar-refractivity contribution < 1.29 is 0 Å². The van der Waals surface area contributed by atoms with E-state index in [9.17, 15) is 0 Å². The predicted molar refractivity (Wildman–Crippen MR) is 64.9 cm³/mol. The summed E-state index contributed by atoms with van der Waals surface area (Å²) in [6.45, 7) is 5.83. The monoisotopic (exact) mass is 217 g/mol. The van der Waals surface area contributed by atoms with Gasteiger partial charge >= 0.3 is 0 Å². The fraction of sp³-hybridized carbons (Fsp3) is 0.615. The summed E-state index contributed by atoms with van der Waals surface area (Å²) < 4.78 is 2.26. The topological polar surface area (TPSA) is 29.9 Å². The van der Waals surface area contributed by atoms with Crippen molar-refractivity contribution >= 4 is 0 Å². The lowest BCUT2D eigenvalue weighted by Crippen LogP contribution is -2.18. The summed E-state index contributed by atoms with van der Waals surface area (Å²) in [7, 11) is 0. The van der Waals surface area contributed by atoms with Crippen LogP contribution in [0.4, 0.5) is 0 Å². The van der Waals surface area contributed by atoms with E-state index in [4.69, 9.17) is 0 Å². The van der Waals surface area contributed by atoms with Gasteiger partial charge in [-0.05, 0) is 26.7 Å². The van der Waals surface area contributed by atoms with E-state index < -0.39 is 0 Å². The Balaban J connectivity index is 1.95. The number of rotatable bonds is 5. The smallest absolute Gasteiger partial charge is 0.105 e. The van der Waals surface area contributed by atoms with Gasteiger partial charge in [-0.2, -0.15) is 0 Å². The zero-order valence-electron chi connectivity index (χ0n) is 10.1. The summed E-state index contributed by atoms with van der Waals surface area (Å²) in [6.07, 6.45) is 5.54. The van der Waals surface area contributed by atoms with Crippen molar-refractivity contribution in [2.45, 2.75) is 52.2 Å². The van der Waals surface area contributed by atoms with Gasteiger partial charge in [-0.1, -0.05) is 0 Å². The Labute approximate surface area is 97.3 Å². The van der Waals surface area contributed by atoms with Crippen molar-refractivity contribution in [1.82, 2.24) is 14.9 Å². The van der Waals surface area contributed by atoms with Crippen LogP contribution in [-0.4, -0.2) is 15.6 Å². The van der Waals surface area contributed by atoms with E-state index in [2.05, 4.69) is 33.6 Å². The molecule has 0 spiro atoms. The van der Waals surface area contributed by atoms with Crippen LogP contribution in [0, 0.1) is 18.8 Å². The molecule has 1 aliphatic rings. The molecule has 86 valence electrons. The van der Waals surface area contributed by atoms with Crippen LogP contribution in [0.15, 0.2) is 6.20 Å². The number of nitrogens with zero attached hydrogens (tertiary/aromatic N) is 2. The van der Waals surface area contributed by atoms with Gasteiger partial charge < -0.3 is 9.88 Å². The Hall–Kier alpha value is -1.27. The molecule has 0 unspecified atom stereocenters. The maximum Gasteiger partial charge on any atom is 0.105 e. The van der Waals surface area contributed by atoms with E-state index in [0.29, 0.717) is 0 Å². The summed E-state index contributed by atoms with van der Waals surface area (Å²) >= 11 is 0. The van der Waals surface area contributed by atoms with Crippen LogP contribution in [0.1, 0.15) is 37.7 Å². The van der Waals surface area contributed by atoms with Crippen LogP contribution >= 0.6 is 0 Å². The SMILES string of the molecule is CC#CCCn1c(CNC2CC2)cnc1C. The molecule has 1 aliphatic carbocycles. The summed E-state index contributed by atoms with van der Waals surface area (Å²) in [5, 5.41) is 3.52. The number of aromatic nitrogens is 2. The molecule has 0 radical (unpaired) electrons. The van der Waals surface area contributed by atoms with Crippen molar-refractivity contribution in [2.75, 3.05) is 0 Å². The second kappa shape index (κ2) is 5.18. The molecular formula is C13H19N3. The van der Waals surface area contributed by atoms with Gasteiger partial charge in [-0.25, -0.2) is 4.98 Å². The van der Waals surface area contributed by atoms with E-state index in [-0.39, 0.29) is 0 Å². The third-order valence-corrected chi connectivity index (χ3v) is 2.92. The molecule has 1 fully saturated rings. The first-order chi connectivity index (χ1) is 7.81. The van der Waals surface area contributed by atoms with Crippen molar-refractivity contribution in [1.29, 1.82) is 0 Å². The number of hydrogen-bond acceptors (Lipinski definition) is 2. The molecule has 1 N–H and O–H groups in total. The first-order valence-electron chi connectivity index (χ1n) is 5.95. The Kier molecular flexibility index (Phi) is 3.63. The highest BCUT2D eigenvalue weighted by molar-refractivity contribution is 5.06. The molecule has 0 saturated heterocycles. The highest BCUT2D eigenvalue weighted by atomic mass is 15.1. The molecule has 3 heteroatoms. The van der Waals surface area contributed by atoms with E-state index in [1.807, 2.05) is 13.1 Å². The number of aryl methyl sites for hydroxylation is 1.